The van der Waals surface area contributed by atoms with E-state index in [-0.39, 0.29) is 0 Å². The van der Waals surface area contributed by atoms with Crippen LogP contribution in [0, 0.1) is 13.8 Å². The van der Waals surface area contributed by atoms with E-state index in [9.17, 15) is 0 Å². The standard InChI is InChI=1S/2C34H21NO.C32H23NO/c1-2-11-24-22(9-1)10-7-17-30(24)35-31-16-5-3-12-26(31)27-20-19-23(21-32(27)35)25-14-8-15-29-28-13-4-6-18-33(28)36-34(25)29;1-2-9-23-20-25(18-16-22(23)8-1)35-31-14-5-3-10-27(31)28-19-17-24(21-32(28)35)26-12-7-13-30-29-11-4-6-15-33(29)36-34(26)30;1-20-16-21(2)18-23(17-20)33-29-12-5-3-8-25(29)26-15-14-22(19-30(26)33)24-10-7-11-28-27-9-4-6-13-31(27)34-32(24)28/h2*1-21H;3-19H,1-2H3. The van der Waals surface area contributed by atoms with Crippen molar-refractivity contribution in [3.05, 3.63) is 369 Å². The summed E-state index contributed by atoms with van der Waals surface area (Å²) in [7, 11) is 0. The van der Waals surface area contributed by atoms with Gasteiger partial charge >= 0.3 is 0 Å². The molecule has 0 aliphatic rings. The first kappa shape index (κ1) is 60.8. The average molecular weight is 1360 g/mol. The van der Waals surface area contributed by atoms with E-state index in [2.05, 4.69) is 349 Å². The van der Waals surface area contributed by atoms with E-state index in [1.54, 1.807) is 0 Å². The van der Waals surface area contributed by atoms with E-state index in [4.69, 9.17) is 13.3 Å². The predicted octanol–water partition coefficient (Wildman–Crippen LogP) is 28.0. The van der Waals surface area contributed by atoms with Gasteiger partial charge in [0.05, 0.1) is 38.8 Å². The summed E-state index contributed by atoms with van der Waals surface area (Å²) in [6, 6.07) is 128. The monoisotopic (exact) mass is 1360 g/mol. The second-order valence-electron chi connectivity index (χ2n) is 28.0. The molecule has 17 aromatic carbocycles. The SMILES string of the molecule is Cc1cc(C)cc(-n2c3ccccc3c3ccc(-c4cccc5c4oc4ccccc45)cc32)c1.c1ccc2c(-n3c4ccccc4c4ccc(-c5cccc6c5oc5ccccc56)cc43)cccc2c1.c1ccc2cc(-n3c4ccccc4c4ccc(-c5cccc6c5oc5ccccc56)cc43)ccc2c1. The van der Waals surface area contributed by atoms with Crippen LogP contribution in [0.15, 0.2) is 371 Å². The molecule has 0 atom stereocenters. The molecule has 0 N–H and O–H groups in total. The lowest BCUT2D eigenvalue weighted by Crippen LogP contribution is -1.95. The predicted molar refractivity (Wildman–Crippen MR) is 445 cm³/mol. The molecule has 6 heterocycles. The smallest absolute Gasteiger partial charge is 0.143 e. The lowest BCUT2D eigenvalue weighted by molar-refractivity contribution is 0.669. The van der Waals surface area contributed by atoms with E-state index in [0.29, 0.717) is 0 Å². The lowest BCUT2D eigenvalue weighted by atomic mass is 10.0. The Morgan fingerprint density at radius 2 is 0.538 bits per heavy atom. The average Bonchev–Trinajstić information content (AvgIpc) is 1.59. The molecule has 0 amide bonds. The van der Waals surface area contributed by atoms with Crippen LogP contribution in [-0.4, -0.2) is 13.7 Å². The normalized spacial score (nSPS) is 11.9. The van der Waals surface area contributed by atoms with E-state index in [1.165, 1.54) is 115 Å². The summed E-state index contributed by atoms with van der Waals surface area (Å²) in [4.78, 5) is 0. The Morgan fingerprint density at radius 3 is 1.01 bits per heavy atom. The molecule has 0 radical (unpaired) electrons. The Labute approximate surface area is 609 Å². The van der Waals surface area contributed by atoms with E-state index in [0.717, 1.165) is 99.2 Å². The summed E-state index contributed by atoms with van der Waals surface area (Å²) in [5, 5.41) is 19.4. The highest BCUT2D eigenvalue weighted by Gasteiger charge is 2.22. The van der Waals surface area contributed by atoms with Gasteiger partial charge in [0, 0.05) is 98.1 Å². The van der Waals surface area contributed by atoms with Crippen molar-refractivity contribution < 1.29 is 13.3 Å². The fourth-order valence-electron chi connectivity index (χ4n) is 17.0. The first-order valence-corrected chi connectivity index (χ1v) is 36.3. The molecule has 498 valence electrons. The minimum absolute atomic E-state index is 0.922. The number of fused-ring (bicyclic) bond motifs is 20. The number of rotatable bonds is 6. The summed E-state index contributed by atoms with van der Waals surface area (Å²) in [6.07, 6.45) is 0. The molecule has 23 aromatic rings. The Bertz CT molecular complexity index is 7480. The highest BCUT2D eigenvalue weighted by molar-refractivity contribution is 6.17. The fourth-order valence-corrected chi connectivity index (χ4v) is 17.0. The van der Waals surface area contributed by atoms with Crippen molar-refractivity contribution in [2.24, 2.45) is 0 Å². The second-order valence-corrected chi connectivity index (χ2v) is 28.0. The first-order chi connectivity index (χ1) is 52.4. The van der Waals surface area contributed by atoms with Crippen LogP contribution in [0.3, 0.4) is 0 Å². The van der Waals surface area contributed by atoms with Gasteiger partial charge in [0.1, 0.15) is 33.5 Å². The van der Waals surface area contributed by atoms with Crippen LogP contribution >= 0.6 is 0 Å². The highest BCUT2D eigenvalue weighted by atomic mass is 16.3. The van der Waals surface area contributed by atoms with Gasteiger partial charge in [-0.05, 0) is 143 Å². The Morgan fingerprint density at radius 1 is 0.198 bits per heavy atom. The third-order valence-corrected chi connectivity index (χ3v) is 21.6. The molecule has 0 aliphatic carbocycles. The largest absolute Gasteiger partial charge is 0.455 e. The summed E-state index contributed by atoms with van der Waals surface area (Å²) in [5.74, 6) is 0. The number of para-hydroxylation sites is 9. The van der Waals surface area contributed by atoms with Gasteiger partial charge in [-0.2, -0.15) is 0 Å². The van der Waals surface area contributed by atoms with Crippen molar-refractivity contribution in [2.45, 2.75) is 13.8 Å². The van der Waals surface area contributed by atoms with Gasteiger partial charge in [0.25, 0.3) is 0 Å². The number of nitrogens with zero attached hydrogens (tertiary/aromatic N) is 3. The van der Waals surface area contributed by atoms with Crippen LogP contribution in [0.1, 0.15) is 11.1 Å². The van der Waals surface area contributed by atoms with Crippen molar-refractivity contribution in [1.29, 1.82) is 0 Å². The van der Waals surface area contributed by atoms with Gasteiger partial charge in [-0.25, -0.2) is 0 Å². The van der Waals surface area contributed by atoms with Crippen LogP contribution in [0.25, 0.3) is 203 Å². The van der Waals surface area contributed by atoms with Crippen LogP contribution < -0.4 is 0 Å². The molecule has 6 aromatic heterocycles. The van der Waals surface area contributed by atoms with Crippen molar-refractivity contribution in [1.82, 2.24) is 13.7 Å². The molecule has 0 saturated heterocycles. The number of furan rings is 3. The van der Waals surface area contributed by atoms with Crippen molar-refractivity contribution in [3.63, 3.8) is 0 Å². The molecule has 106 heavy (non-hydrogen) atoms. The zero-order valence-electron chi connectivity index (χ0n) is 58.1. The summed E-state index contributed by atoms with van der Waals surface area (Å²) >= 11 is 0. The zero-order chi connectivity index (χ0) is 70.1. The molecule has 0 unspecified atom stereocenters. The minimum atomic E-state index is 0.922. The van der Waals surface area contributed by atoms with E-state index in [1.807, 2.05) is 36.4 Å². The van der Waals surface area contributed by atoms with Gasteiger partial charge in [0.15, 0.2) is 0 Å². The maximum atomic E-state index is 6.37. The molecule has 0 saturated carbocycles. The van der Waals surface area contributed by atoms with Crippen LogP contribution in [0.4, 0.5) is 0 Å². The first-order valence-electron chi connectivity index (χ1n) is 36.3. The number of hydrogen-bond acceptors (Lipinski definition) is 3. The molecule has 23 rings (SSSR count). The van der Waals surface area contributed by atoms with Crippen molar-refractivity contribution in [2.75, 3.05) is 0 Å². The number of hydrogen-bond donors (Lipinski definition) is 0. The van der Waals surface area contributed by atoms with Gasteiger partial charge in [-0.3, -0.25) is 0 Å². The van der Waals surface area contributed by atoms with Crippen molar-refractivity contribution in [3.8, 4) is 50.4 Å². The third-order valence-electron chi connectivity index (χ3n) is 21.6. The Balaban J connectivity index is 0.000000102. The number of aromatic nitrogens is 3. The van der Waals surface area contributed by atoms with Gasteiger partial charge < -0.3 is 27.0 Å². The molecule has 0 aliphatic heterocycles. The quantitative estimate of drug-likeness (QED) is 0.167. The molecule has 6 heteroatoms. The summed E-state index contributed by atoms with van der Waals surface area (Å²) < 4.78 is 26.3. The highest BCUT2D eigenvalue weighted by Crippen LogP contribution is 2.45. The van der Waals surface area contributed by atoms with Crippen LogP contribution in [-0.2, 0) is 0 Å². The summed E-state index contributed by atoms with van der Waals surface area (Å²) in [5.41, 5.74) is 25.7. The Kier molecular flexibility index (Phi) is 14.0. The summed E-state index contributed by atoms with van der Waals surface area (Å²) in [6.45, 7) is 4.33. The molecular weight excluding hydrogens is 1290 g/mol. The van der Waals surface area contributed by atoms with Gasteiger partial charge in [-0.1, -0.05) is 273 Å². The van der Waals surface area contributed by atoms with E-state index >= 15 is 0 Å². The topological polar surface area (TPSA) is 54.2 Å². The molecular formula is C100H65N3O3. The van der Waals surface area contributed by atoms with Crippen LogP contribution in [0.2, 0.25) is 0 Å². The third kappa shape index (κ3) is 9.79. The fraction of sp³-hybridized carbons (Fsp3) is 0.0200. The maximum Gasteiger partial charge on any atom is 0.143 e. The van der Waals surface area contributed by atoms with Crippen LogP contribution in [0.5, 0.6) is 0 Å². The maximum absolute atomic E-state index is 6.37. The van der Waals surface area contributed by atoms with Crippen molar-refractivity contribution >= 4 is 153 Å². The Hall–Kier alpha value is -13.9. The zero-order valence-corrected chi connectivity index (χ0v) is 58.1. The van der Waals surface area contributed by atoms with E-state index < -0.39 is 0 Å². The van der Waals surface area contributed by atoms with Gasteiger partial charge in [0.2, 0.25) is 0 Å². The number of benzene rings is 17. The molecule has 0 fully saturated rings. The second kappa shape index (κ2) is 24.4. The van der Waals surface area contributed by atoms with Gasteiger partial charge in [-0.15, -0.1) is 0 Å². The minimum Gasteiger partial charge on any atom is -0.455 e. The molecule has 0 bridgehead atoms. The number of aryl methyl sites for hydroxylation is 2. The molecule has 6 nitrogen and oxygen atoms in total. The molecule has 0 spiro atoms. The lowest BCUT2D eigenvalue weighted by Gasteiger charge is -2.12.